The lowest BCUT2D eigenvalue weighted by molar-refractivity contribution is -0.151. The Labute approximate surface area is 147 Å². The Bertz CT molecular complexity index is 530. The first-order chi connectivity index (χ1) is 11.7. The number of ketones is 1. The summed E-state index contributed by atoms with van der Waals surface area (Å²) >= 11 is 0. The molecular weight excluding hydrogens is 294 g/mol. The van der Waals surface area contributed by atoms with Crippen molar-refractivity contribution in [1.82, 2.24) is 4.90 Å². The zero-order valence-electron chi connectivity index (χ0n) is 15.5. The minimum absolute atomic E-state index is 0.119. The standard InChI is InChI=1S/C22H33NO/c1-3-5-13-22(14-6-4-2)17-19-12-15-23(22)20(21(19)24)16-18-10-8-7-9-11-18/h7-11,19-20H,3-6,12-17H2,1-2H3. The predicted molar refractivity (Wildman–Crippen MR) is 100 cm³/mol. The summed E-state index contributed by atoms with van der Waals surface area (Å²) in [6.07, 6.45) is 10.8. The van der Waals surface area contributed by atoms with Crippen LogP contribution in [0.2, 0.25) is 0 Å². The topological polar surface area (TPSA) is 20.3 Å². The van der Waals surface area contributed by atoms with Gasteiger partial charge in [-0.25, -0.2) is 0 Å². The first kappa shape index (κ1) is 17.7. The number of Topliss-reactive ketones (excluding diaryl/α,β-unsaturated/α-hetero) is 1. The molecule has 3 atom stereocenters. The van der Waals surface area contributed by atoms with Crippen LogP contribution in [-0.2, 0) is 11.2 Å². The van der Waals surface area contributed by atoms with Gasteiger partial charge in [-0.2, -0.15) is 0 Å². The van der Waals surface area contributed by atoms with Gasteiger partial charge in [0.15, 0.2) is 5.78 Å². The molecule has 132 valence electrons. The van der Waals surface area contributed by atoms with E-state index < -0.39 is 0 Å². The number of hydrogen-bond donors (Lipinski definition) is 0. The van der Waals surface area contributed by atoms with Gasteiger partial charge in [0.25, 0.3) is 0 Å². The maximum atomic E-state index is 13.0. The van der Waals surface area contributed by atoms with E-state index in [0.29, 0.717) is 17.2 Å². The lowest BCUT2D eigenvalue weighted by Crippen LogP contribution is -2.67. The summed E-state index contributed by atoms with van der Waals surface area (Å²) in [6, 6.07) is 10.7. The van der Waals surface area contributed by atoms with Gasteiger partial charge in [-0.15, -0.1) is 0 Å². The summed E-state index contributed by atoms with van der Waals surface area (Å²) in [6.45, 7) is 5.70. The molecule has 3 saturated heterocycles. The number of piperidine rings is 3. The third-order valence-corrected chi connectivity index (χ3v) is 6.32. The van der Waals surface area contributed by atoms with Crippen LogP contribution in [0.4, 0.5) is 0 Å². The molecule has 4 rings (SSSR count). The highest BCUT2D eigenvalue weighted by Crippen LogP contribution is 2.46. The summed E-state index contributed by atoms with van der Waals surface area (Å²) < 4.78 is 0. The van der Waals surface area contributed by atoms with Gasteiger partial charge in [0.2, 0.25) is 0 Å². The Morgan fingerprint density at radius 2 is 1.75 bits per heavy atom. The van der Waals surface area contributed by atoms with Crippen LogP contribution in [0.3, 0.4) is 0 Å². The zero-order chi connectivity index (χ0) is 17.0. The second-order valence-electron chi connectivity index (χ2n) is 7.92. The van der Waals surface area contributed by atoms with Gasteiger partial charge < -0.3 is 0 Å². The molecule has 2 nitrogen and oxygen atoms in total. The molecule has 0 N–H and O–H groups in total. The summed E-state index contributed by atoms with van der Waals surface area (Å²) in [5.41, 5.74) is 1.60. The molecular formula is C22H33NO. The van der Waals surface area contributed by atoms with Crippen molar-refractivity contribution >= 4 is 5.78 Å². The van der Waals surface area contributed by atoms with Crippen molar-refractivity contribution < 1.29 is 4.79 Å². The summed E-state index contributed by atoms with van der Waals surface area (Å²) in [5, 5.41) is 0. The number of nitrogens with zero attached hydrogens (tertiary/aromatic N) is 1. The van der Waals surface area contributed by atoms with Crippen molar-refractivity contribution in [2.75, 3.05) is 6.54 Å². The van der Waals surface area contributed by atoms with Gasteiger partial charge in [-0.3, -0.25) is 9.69 Å². The van der Waals surface area contributed by atoms with Crippen molar-refractivity contribution in [3.8, 4) is 0 Å². The van der Waals surface area contributed by atoms with E-state index in [0.717, 1.165) is 25.8 Å². The van der Waals surface area contributed by atoms with Crippen LogP contribution in [0.25, 0.3) is 0 Å². The number of fused-ring (bicyclic) bond motifs is 3. The predicted octanol–water partition coefficient (Wildman–Crippen LogP) is 5.01. The molecule has 1 aromatic carbocycles. The lowest BCUT2D eigenvalue weighted by Gasteiger charge is -2.58. The van der Waals surface area contributed by atoms with Crippen LogP contribution < -0.4 is 0 Å². The quantitative estimate of drug-likeness (QED) is 0.669. The van der Waals surface area contributed by atoms with E-state index in [4.69, 9.17) is 0 Å². The maximum Gasteiger partial charge on any atom is 0.153 e. The fraction of sp³-hybridized carbons (Fsp3) is 0.682. The second kappa shape index (κ2) is 7.82. The van der Waals surface area contributed by atoms with Crippen molar-refractivity contribution in [1.29, 1.82) is 0 Å². The van der Waals surface area contributed by atoms with E-state index in [2.05, 4.69) is 49.1 Å². The number of benzene rings is 1. The second-order valence-corrected chi connectivity index (χ2v) is 7.92. The smallest absolute Gasteiger partial charge is 0.153 e. The summed E-state index contributed by atoms with van der Waals surface area (Å²) in [7, 11) is 0. The van der Waals surface area contributed by atoms with Crippen molar-refractivity contribution in [3.05, 3.63) is 35.9 Å². The number of carbonyl (C=O) groups excluding carboxylic acids is 1. The molecule has 0 aromatic heterocycles. The Morgan fingerprint density at radius 3 is 2.38 bits per heavy atom. The first-order valence-corrected chi connectivity index (χ1v) is 10.0. The van der Waals surface area contributed by atoms with Gasteiger partial charge in [0, 0.05) is 18.0 Å². The van der Waals surface area contributed by atoms with Crippen LogP contribution in [0.1, 0.15) is 70.8 Å². The van der Waals surface area contributed by atoms with E-state index >= 15 is 0 Å². The lowest BCUT2D eigenvalue weighted by atomic mass is 9.66. The molecule has 24 heavy (non-hydrogen) atoms. The van der Waals surface area contributed by atoms with Crippen molar-refractivity contribution in [2.45, 2.75) is 83.2 Å². The third-order valence-electron chi connectivity index (χ3n) is 6.32. The maximum absolute atomic E-state index is 13.0. The molecule has 3 aliphatic rings. The minimum atomic E-state index is 0.119. The summed E-state index contributed by atoms with van der Waals surface area (Å²) in [4.78, 5) is 15.6. The molecule has 3 unspecified atom stereocenters. The Balaban J connectivity index is 1.84. The SMILES string of the molecule is CCCCC1(CCCC)CC2CCN1C(Cc1ccccc1)C2=O. The van der Waals surface area contributed by atoms with Gasteiger partial charge in [0.05, 0.1) is 6.04 Å². The molecule has 0 amide bonds. The van der Waals surface area contributed by atoms with E-state index in [9.17, 15) is 4.79 Å². The molecule has 0 saturated carbocycles. The van der Waals surface area contributed by atoms with Gasteiger partial charge in [-0.1, -0.05) is 69.9 Å². The van der Waals surface area contributed by atoms with Crippen LogP contribution in [0.5, 0.6) is 0 Å². The minimum Gasteiger partial charge on any atom is -0.298 e. The fourth-order valence-corrected chi connectivity index (χ4v) is 5.04. The summed E-state index contributed by atoms with van der Waals surface area (Å²) in [5.74, 6) is 0.839. The Kier molecular flexibility index (Phi) is 5.76. The van der Waals surface area contributed by atoms with E-state index in [1.807, 2.05) is 0 Å². The van der Waals surface area contributed by atoms with Crippen LogP contribution >= 0.6 is 0 Å². The average molecular weight is 328 g/mol. The molecule has 1 aromatic rings. The number of unbranched alkanes of at least 4 members (excludes halogenated alkanes) is 2. The van der Waals surface area contributed by atoms with Crippen LogP contribution in [0, 0.1) is 5.92 Å². The van der Waals surface area contributed by atoms with E-state index in [1.165, 1.54) is 44.1 Å². The number of hydrogen-bond acceptors (Lipinski definition) is 2. The highest BCUT2D eigenvalue weighted by atomic mass is 16.1. The molecule has 2 bridgehead atoms. The van der Waals surface area contributed by atoms with Crippen molar-refractivity contribution in [3.63, 3.8) is 0 Å². The van der Waals surface area contributed by atoms with Crippen molar-refractivity contribution in [2.24, 2.45) is 5.92 Å². The highest BCUT2D eigenvalue weighted by Gasteiger charge is 2.53. The molecule has 0 spiro atoms. The van der Waals surface area contributed by atoms with Gasteiger partial charge in [-0.05, 0) is 37.7 Å². The molecule has 3 aliphatic heterocycles. The monoisotopic (exact) mass is 327 g/mol. The van der Waals surface area contributed by atoms with E-state index in [-0.39, 0.29) is 6.04 Å². The normalized spacial score (nSPS) is 28.2. The molecule has 2 heteroatoms. The van der Waals surface area contributed by atoms with E-state index in [1.54, 1.807) is 0 Å². The van der Waals surface area contributed by atoms with Crippen LogP contribution in [-0.4, -0.2) is 28.8 Å². The first-order valence-electron chi connectivity index (χ1n) is 10.0. The molecule has 0 radical (unpaired) electrons. The molecule has 3 fully saturated rings. The average Bonchev–Trinajstić information content (AvgIpc) is 2.62. The van der Waals surface area contributed by atoms with Gasteiger partial charge in [0.1, 0.15) is 0 Å². The number of carbonyl (C=O) groups is 1. The Hall–Kier alpha value is -1.15. The molecule has 3 heterocycles. The zero-order valence-corrected chi connectivity index (χ0v) is 15.5. The Morgan fingerprint density at radius 1 is 1.08 bits per heavy atom. The number of rotatable bonds is 8. The fourth-order valence-electron chi connectivity index (χ4n) is 5.04. The van der Waals surface area contributed by atoms with Gasteiger partial charge >= 0.3 is 0 Å². The molecule has 0 aliphatic carbocycles. The third kappa shape index (κ3) is 3.44. The van der Waals surface area contributed by atoms with Crippen LogP contribution in [0.15, 0.2) is 30.3 Å². The highest BCUT2D eigenvalue weighted by molar-refractivity contribution is 5.88. The largest absolute Gasteiger partial charge is 0.298 e.